The highest BCUT2D eigenvalue weighted by molar-refractivity contribution is 7.86. The number of hydrogen-bond donors (Lipinski definition) is 4. The lowest BCUT2D eigenvalue weighted by Gasteiger charge is -2.10. The van der Waals surface area contributed by atoms with Gasteiger partial charge in [-0.3, -0.25) is 13.9 Å². The van der Waals surface area contributed by atoms with Crippen molar-refractivity contribution >= 4 is 26.1 Å². The van der Waals surface area contributed by atoms with Crippen LogP contribution in [0.5, 0.6) is 5.88 Å². The average molecular weight is 391 g/mol. The molecule has 1 aromatic carbocycles. The summed E-state index contributed by atoms with van der Waals surface area (Å²) < 4.78 is 64.6. The molecule has 1 amide bonds. The third-order valence-corrected chi connectivity index (χ3v) is 5.02. The van der Waals surface area contributed by atoms with E-state index in [2.05, 4.69) is 10.4 Å². The van der Waals surface area contributed by atoms with E-state index in [9.17, 15) is 31.3 Å². The fraction of sp³-hybridized carbons (Fsp3) is 0.167. The minimum atomic E-state index is -4.84. The smallest absolute Gasteiger partial charge is 0.296 e. The SMILES string of the molecule is CNC(=O)c1nn(-c2cc(S(=O)(=O)O)ccc2S(=O)(=O)O)c(O)c1C. The first-order valence-corrected chi connectivity index (χ1v) is 9.36. The number of nitrogens with zero attached hydrogens (tertiary/aromatic N) is 2. The van der Waals surface area contributed by atoms with Crippen LogP contribution >= 0.6 is 0 Å². The van der Waals surface area contributed by atoms with Crippen molar-refractivity contribution in [1.82, 2.24) is 15.1 Å². The predicted octanol–water partition coefficient (Wildman–Crippen LogP) is -0.261. The second-order valence-corrected chi connectivity index (χ2v) is 7.68. The van der Waals surface area contributed by atoms with Crippen LogP contribution in [0.4, 0.5) is 0 Å². The van der Waals surface area contributed by atoms with E-state index in [1.54, 1.807) is 0 Å². The quantitative estimate of drug-likeness (QED) is 0.511. The number of benzene rings is 1. The molecule has 0 unspecified atom stereocenters. The lowest BCUT2D eigenvalue weighted by atomic mass is 10.2. The summed E-state index contributed by atoms with van der Waals surface area (Å²) in [5.41, 5.74) is -0.843. The van der Waals surface area contributed by atoms with Gasteiger partial charge in [-0.25, -0.2) is 0 Å². The minimum absolute atomic E-state index is 0.0158. The Morgan fingerprint density at radius 3 is 2.24 bits per heavy atom. The molecule has 13 heteroatoms. The summed E-state index contributed by atoms with van der Waals surface area (Å²) in [6.07, 6.45) is 0. The molecule has 0 fully saturated rings. The van der Waals surface area contributed by atoms with E-state index < -0.39 is 47.5 Å². The van der Waals surface area contributed by atoms with Crippen molar-refractivity contribution in [3.8, 4) is 11.6 Å². The summed E-state index contributed by atoms with van der Waals surface area (Å²) in [5, 5.41) is 16.1. The molecular formula is C12H13N3O8S2. The lowest BCUT2D eigenvalue weighted by Crippen LogP contribution is -2.19. The number of aromatic hydroxyl groups is 1. The van der Waals surface area contributed by atoms with Crippen LogP contribution in [0.2, 0.25) is 0 Å². The Kier molecular flexibility index (Phi) is 4.61. The van der Waals surface area contributed by atoms with Gasteiger partial charge in [-0.1, -0.05) is 0 Å². The molecule has 0 radical (unpaired) electrons. The molecule has 0 aliphatic carbocycles. The standard InChI is InChI=1S/C12H13N3O8S2/c1-6-10(11(16)13-2)14-15(12(6)17)8-5-7(24(18,19)20)3-4-9(8)25(21,22)23/h3-5,17H,1-2H3,(H,13,16)(H,18,19,20)(H,21,22,23). The molecule has 2 rings (SSSR count). The number of carbonyl (C=O) groups is 1. The monoisotopic (exact) mass is 391 g/mol. The van der Waals surface area contributed by atoms with Gasteiger partial charge in [0.05, 0.1) is 10.6 Å². The summed E-state index contributed by atoms with van der Waals surface area (Å²) >= 11 is 0. The molecular weight excluding hydrogens is 378 g/mol. The molecule has 0 aliphatic heterocycles. The number of nitrogens with one attached hydrogen (secondary N) is 1. The molecule has 0 saturated heterocycles. The molecule has 1 aromatic heterocycles. The van der Waals surface area contributed by atoms with Crippen LogP contribution < -0.4 is 5.32 Å². The number of carbonyl (C=O) groups excluding carboxylic acids is 1. The predicted molar refractivity (Wildman–Crippen MR) is 83.0 cm³/mol. The van der Waals surface area contributed by atoms with Crippen molar-refractivity contribution in [3.63, 3.8) is 0 Å². The Labute approximate surface area is 142 Å². The van der Waals surface area contributed by atoms with Gasteiger partial charge in [0.15, 0.2) is 5.69 Å². The summed E-state index contributed by atoms with van der Waals surface area (Å²) in [6, 6.07) is 2.14. The van der Waals surface area contributed by atoms with E-state index in [1.807, 2.05) is 0 Å². The topological polar surface area (TPSA) is 176 Å². The van der Waals surface area contributed by atoms with Crippen molar-refractivity contribution in [3.05, 3.63) is 29.5 Å². The van der Waals surface area contributed by atoms with E-state index in [0.29, 0.717) is 16.8 Å². The van der Waals surface area contributed by atoms with E-state index in [0.717, 1.165) is 6.07 Å². The average Bonchev–Trinajstić information content (AvgIpc) is 2.80. The lowest BCUT2D eigenvalue weighted by molar-refractivity contribution is 0.0957. The minimum Gasteiger partial charge on any atom is -0.493 e. The van der Waals surface area contributed by atoms with Gasteiger partial charge in [0, 0.05) is 12.6 Å². The zero-order valence-electron chi connectivity index (χ0n) is 12.8. The highest BCUT2D eigenvalue weighted by Crippen LogP contribution is 2.29. The molecule has 4 N–H and O–H groups in total. The van der Waals surface area contributed by atoms with Gasteiger partial charge in [-0.15, -0.1) is 0 Å². The van der Waals surface area contributed by atoms with Gasteiger partial charge < -0.3 is 10.4 Å². The van der Waals surface area contributed by atoms with Gasteiger partial charge in [0.2, 0.25) is 5.88 Å². The van der Waals surface area contributed by atoms with Crippen molar-refractivity contribution < 1.29 is 35.8 Å². The van der Waals surface area contributed by atoms with Gasteiger partial charge in [-0.05, 0) is 25.1 Å². The van der Waals surface area contributed by atoms with Crippen molar-refractivity contribution in [2.24, 2.45) is 0 Å². The largest absolute Gasteiger partial charge is 0.493 e. The van der Waals surface area contributed by atoms with E-state index in [1.165, 1.54) is 14.0 Å². The summed E-state index contributed by atoms with van der Waals surface area (Å²) in [4.78, 5) is 10.2. The van der Waals surface area contributed by atoms with Crippen molar-refractivity contribution in [2.45, 2.75) is 16.7 Å². The highest BCUT2D eigenvalue weighted by Gasteiger charge is 2.26. The molecule has 1 heterocycles. The zero-order valence-corrected chi connectivity index (χ0v) is 14.5. The third kappa shape index (κ3) is 3.48. The molecule has 0 spiro atoms. The van der Waals surface area contributed by atoms with Crippen LogP contribution in [0.3, 0.4) is 0 Å². The molecule has 2 aromatic rings. The maximum atomic E-state index is 11.7. The second-order valence-electron chi connectivity index (χ2n) is 4.87. The molecule has 0 aliphatic rings. The Balaban J connectivity index is 2.88. The van der Waals surface area contributed by atoms with Crippen LogP contribution in [0.15, 0.2) is 28.0 Å². The van der Waals surface area contributed by atoms with Gasteiger partial charge in [0.25, 0.3) is 26.1 Å². The maximum absolute atomic E-state index is 11.7. The van der Waals surface area contributed by atoms with E-state index in [4.69, 9.17) is 4.55 Å². The highest BCUT2D eigenvalue weighted by atomic mass is 32.2. The fourth-order valence-corrected chi connectivity index (χ4v) is 3.18. The normalized spacial score (nSPS) is 12.2. The van der Waals surface area contributed by atoms with E-state index >= 15 is 0 Å². The van der Waals surface area contributed by atoms with Gasteiger partial charge in [-0.2, -0.15) is 26.6 Å². The van der Waals surface area contributed by atoms with Crippen LogP contribution in [0, 0.1) is 6.92 Å². The summed E-state index contributed by atoms with van der Waals surface area (Å²) in [6.45, 7) is 1.32. The zero-order chi connectivity index (χ0) is 19.2. The molecule has 11 nitrogen and oxygen atoms in total. The second kappa shape index (κ2) is 6.11. The Bertz CT molecular complexity index is 1070. The number of rotatable bonds is 4. The molecule has 0 saturated carbocycles. The number of aromatic nitrogens is 2. The first kappa shape index (κ1) is 18.9. The summed E-state index contributed by atoms with van der Waals surface area (Å²) in [7, 11) is -8.24. The van der Waals surface area contributed by atoms with E-state index in [-0.39, 0.29) is 11.3 Å². The van der Waals surface area contributed by atoms with Gasteiger partial charge in [0.1, 0.15) is 4.90 Å². The Hall–Kier alpha value is -2.48. The van der Waals surface area contributed by atoms with Crippen LogP contribution in [-0.2, 0) is 20.2 Å². The molecule has 0 bridgehead atoms. The summed E-state index contributed by atoms with van der Waals surface area (Å²) in [5.74, 6) is -1.35. The Morgan fingerprint density at radius 1 is 1.16 bits per heavy atom. The van der Waals surface area contributed by atoms with Crippen molar-refractivity contribution in [2.75, 3.05) is 7.05 Å². The van der Waals surface area contributed by atoms with Crippen molar-refractivity contribution in [1.29, 1.82) is 0 Å². The van der Waals surface area contributed by atoms with Gasteiger partial charge >= 0.3 is 0 Å². The maximum Gasteiger partial charge on any atom is 0.296 e. The third-order valence-electron chi connectivity index (χ3n) is 3.27. The molecule has 136 valence electrons. The van der Waals surface area contributed by atoms with Crippen LogP contribution in [0.25, 0.3) is 5.69 Å². The first-order valence-electron chi connectivity index (χ1n) is 6.48. The van der Waals surface area contributed by atoms with Crippen LogP contribution in [-0.4, -0.2) is 53.8 Å². The first-order chi connectivity index (χ1) is 11.4. The van der Waals surface area contributed by atoms with Crippen LogP contribution in [0.1, 0.15) is 16.1 Å². The fourth-order valence-electron chi connectivity index (χ4n) is 2.03. The Morgan fingerprint density at radius 2 is 1.76 bits per heavy atom. The number of hydrogen-bond acceptors (Lipinski definition) is 7. The number of amides is 1. The molecule has 25 heavy (non-hydrogen) atoms. The molecule has 0 atom stereocenters.